The fourth-order valence-corrected chi connectivity index (χ4v) is 5.79. The summed E-state index contributed by atoms with van der Waals surface area (Å²) >= 11 is 0. The zero-order chi connectivity index (χ0) is 23.2. The van der Waals surface area contributed by atoms with Crippen LogP contribution in [0, 0.1) is 5.82 Å². The van der Waals surface area contributed by atoms with Crippen LogP contribution in [0.4, 0.5) is 10.1 Å². The minimum absolute atomic E-state index is 0.0862. The number of anilines is 1. The molecular weight excluding hydrogens is 427 g/mol. The average Bonchev–Trinajstić information content (AvgIpc) is 3.31. The lowest BCUT2D eigenvalue weighted by Crippen LogP contribution is -2.38. The maximum absolute atomic E-state index is 13.8. The Hall–Kier alpha value is -3.51. The van der Waals surface area contributed by atoms with Crippen LogP contribution in [0.3, 0.4) is 0 Å². The Morgan fingerprint density at radius 3 is 2.44 bits per heavy atom. The number of carbonyl (C=O) groups is 1. The number of nitrogens with one attached hydrogen (secondary N) is 2. The lowest BCUT2D eigenvalue weighted by molar-refractivity contribution is -0.109. The predicted molar refractivity (Wildman–Crippen MR) is 131 cm³/mol. The van der Waals surface area contributed by atoms with Gasteiger partial charge in [0.25, 0.3) is 0 Å². The van der Waals surface area contributed by atoms with Gasteiger partial charge < -0.3 is 10.1 Å². The van der Waals surface area contributed by atoms with Crippen molar-refractivity contribution in [1.29, 1.82) is 0 Å². The summed E-state index contributed by atoms with van der Waals surface area (Å²) in [4.78, 5) is 14.1. The van der Waals surface area contributed by atoms with Crippen LogP contribution in [0.25, 0.3) is 0 Å². The molecule has 6 heteroatoms. The van der Waals surface area contributed by atoms with E-state index in [0.29, 0.717) is 6.04 Å². The summed E-state index contributed by atoms with van der Waals surface area (Å²) in [6.07, 6.45) is 3.30. The molecule has 0 radical (unpaired) electrons. The van der Waals surface area contributed by atoms with Crippen molar-refractivity contribution in [2.45, 2.75) is 36.9 Å². The number of halogens is 1. The van der Waals surface area contributed by atoms with E-state index in [1.807, 2.05) is 30.3 Å². The molecule has 1 saturated heterocycles. The Labute approximate surface area is 198 Å². The zero-order valence-electron chi connectivity index (χ0n) is 19.0. The van der Waals surface area contributed by atoms with Crippen LogP contribution in [-0.2, 0) is 4.79 Å². The van der Waals surface area contributed by atoms with Gasteiger partial charge in [0, 0.05) is 17.3 Å². The van der Waals surface area contributed by atoms with Crippen LogP contribution in [0.5, 0.6) is 0 Å². The molecule has 2 N–H and O–H groups in total. The molecule has 34 heavy (non-hydrogen) atoms. The second kappa shape index (κ2) is 8.37. The van der Waals surface area contributed by atoms with Crippen LogP contribution in [0.15, 0.2) is 71.8 Å². The monoisotopic (exact) mass is 454 g/mol. The Bertz CT molecular complexity index is 1250. The molecule has 0 bridgehead atoms. The van der Waals surface area contributed by atoms with Gasteiger partial charge in [-0.2, -0.15) is 5.10 Å². The third-order valence-corrected chi connectivity index (χ3v) is 7.52. The van der Waals surface area contributed by atoms with Crippen LogP contribution in [0.1, 0.15) is 64.7 Å². The fraction of sp³-hybridized carbons (Fsp3) is 0.286. The smallest absolute Gasteiger partial charge is 0.148 e. The van der Waals surface area contributed by atoms with E-state index in [-0.39, 0.29) is 17.8 Å². The highest BCUT2D eigenvalue weighted by Crippen LogP contribution is 2.46. The van der Waals surface area contributed by atoms with Gasteiger partial charge in [0.2, 0.25) is 0 Å². The van der Waals surface area contributed by atoms with Crippen molar-refractivity contribution < 1.29 is 9.18 Å². The first-order chi connectivity index (χ1) is 16.6. The highest BCUT2D eigenvalue weighted by molar-refractivity contribution is 6.13. The number of hydrazone groups is 1. The number of hydrogen-bond donors (Lipinski definition) is 2. The third kappa shape index (κ3) is 3.41. The van der Waals surface area contributed by atoms with Crippen LogP contribution in [-0.4, -0.2) is 30.5 Å². The molecule has 0 aliphatic carbocycles. The van der Waals surface area contributed by atoms with E-state index in [0.717, 1.165) is 46.5 Å². The molecule has 3 heterocycles. The molecule has 5 nitrogen and oxygen atoms in total. The lowest BCUT2D eigenvalue weighted by Gasteiger charge is -2.40. The minimum Gasteiger partial charge on any atom is -0.377 e. The highest BCUT2D eigenvalue weighted by atomic mass is 19.1. The second-order valence-corrected chi connectivity index (χ2v) is 9.47. The topological polar surface area (TPSA) is 56.7 Å². The van der Waals surface area contributed by atoms with Gasteiger partial charge >= 0.3 is 0 Å². The first-order valence-electron chi connectivity index (χ1n) is 11.9. The lowest BCUT2D eigenvalue weighted by atomic mass is 9.75. The molecule has 0 aromatic heterocycles. The van der Waals surface area contributed by atoms with Crippen LogP contribution < -0.4 is 10.7 Å². The van der Waals surface area contributed by atoms with E-state index < -0.39 is 6.04 Å². The molecule has 4 unspecified atom stereocenters. The Balaban J connectivity index is 1.45. The van der Waals surface area contributed by atoms with Crippen molar-refractivity contribution in [3.63, 3.8) is 0 Å². The number of nitrogens with zero attached hydrogens (tertiary/aromatic N) is 2. The molecule has 3 aliphatic rings. The number of rotatable bonds is 4. The van der Waals surface area contributed by atoms with Gasteiger partial charge in [-0.3, -0.25) is 10.3 Å². The van der Waals surface area contributed by atoms with Crippen molar-refractivity contribution in [2.75, 3.05) is 18.9 Å². The largest absolute Gasteiger partial charge is 0.377 e. The Morgan fingerprint density at radius 2 is 1.74 bits per heavy atom. The van der Waals surface area contributed by atoms with Crippen molar-refractivity contribution in [1.82, 2.24) is 10.3 Å². The molecule has 0 saturated carbocycles. The van der Waals surface area contributed by atoms with Crippen molar-refractivity contribution in [2.24, 2.45) is 5.10 Å². The molecule has 3 aliphatic heterocycles. The summed E-state index contributed by atoms with van der Waals surface area (Å²) in [5.74, 6) is -0.408. The highest BCUT2D eigenvalue weighted by Gasteiger charge is 2.40. The quantitative estimate of drug-likeness (QED) is 0.539. The number of carbonyl (C=O) groups excluding carboxylic acids is 1. The van der Waals surface area contributed by atoms with E-state index in [4.69, 9.17) is 5.10 Å². The van der Waals surface area contributed by atoms with E-state index in [9.17, 15) is 9.18 Å². The molecule has 0 amide bonds. The van der Waals surface area contributed by atoms with E-state index in [2.05, 4.69) is 47.0 Å². The predicted octanol–water partition coefficient (Wildman–Crippen LogP) is 5.09. The Morgan fingerprint density at radius 1 is 1.00 bits per heavy atom. The molecule has 172 valence electrons. The number of benzene rings is 3. The van der Waals surface area contributed by atoms with Gasteiger partial charge in [-0.15, -0.1) is 0 Å². The molecule has 0 spiro atoms. The maximum Gasteiger partial charge on any atom is 0.148 e. The first-order valence-corrected chi connectivity index (χ1v) is 11.9. The summed E-state index contributed by atoms with van der Waals surface area (Å²) in [6, 6.07) is 21.4. The third-order valence-electron chi connectivity index (χ3n) is 7.52. The average molecular weight is 455 g/mol. The standard InChI is InChI=1S/C28H27FN4O/c1-33-15-3-6-24(33)17-7-9-19(10-8-17)27-25(18-11-13-20(29)14-12-18)28-26-21(23(16-34)31-32-28)4-2-5-22(26)30-27/h2,4-5,7-14,16,23-25,27,30-31H,3,6,15H2,1H3. The van der Waals surface area contributed by atoms with Gasteiger partial charge in [0.1, 0.15) is 18.1 Å². The van der Waals surface area contributed by atoms with Crippen LogP contribution >= 0.6 is 0 Å². The van der Waals surface area contributed by atoms with Gasteiger partial charge in [-0.05, 0) is 66.9 Å². The summed E-state index contributed by atoms with van der Waals surface area (Å²) in [7, 11) is 2.19. The number of hydrogen-bond acceptors (Lipinski definition) is 5. The molecule has 3 aromatic rings. The van der Waals surface area contributed by atoms with Crippen molar-refractivity contribution in [3.05, 3.63) is 100 Å². The maximum atomic E-state index is 13.8. The fourth-order valence-electron chi connectivity index (χ4n) is 5.79. The van der Waals surface area contributed by atoms with Crippen molar-refractivity contribution in [3.8, 4) is 0 Å². The summed E-state index contributed by atoms with van der Waals surface area (Å²) in [5.41, 5.74) is 10.2. The van der Waals surface area contributed by atoms with Crippen molar-refractivity contribution >= 4 is 17.7 Å². The summed E-state index contributed by atoms with van der Waals surface area (Å²) < 4.78 is 13.8. The SMILES string of the molecule is CN1CCCC1c1ccc(C2Nc3cccc4c3C(=NNC4C=O)C2c2ccc(F)cc2)cc1. The van der Waals surface area contributed by atoms with Gasteiger partial charge in [0.05, 0.1) is 17.7 Å². The van der Waals surface area contributed by atoms with E-state index >= 15 is 0 Å². The summed E-state index contributed by atoms with van der Waals surface area (Å²) in [5, 5.41) is 8.42. The Kier molecular flexibility index (Phi) is 5.18. The van der Waals surface area contributed by atoms with Gasteiger partial charge in [-0.1, -0.05) is 48.5 Å². The van der Waals surface area contributed by atoms with Gasteiger partial charge in [0.15, 0.2) is 0 Å². The molecular formula is C28H27FN4O. The van der Waals surface area contributed by atoms with Gasteiger partial charge in [-0.25, -0.2) is 4.39 Å². The first kappa shape index (κ1) is 21.1. The number of likely N-dealkylation sites (tertiary alicyclic amines) is 1. The number of aldehydes is 1. The summed E-state index contributed by atoms with van der Waals surface area (Å²) in [6.45, 7) is 1.14. The second-order valence-electron chi connectivity index (χ2n) is 9.47. The zero-order valence-corrected chi connectivity index (χ0v) is 19.0. The van der Waals surface area contributed by atoms with Crippen LogP contribution in [0.2, 0.25) is 0 Å². The molecule has 4 atom stereocenters. The minimum atomic E-state index is -0.478. The van der Waals surface area contributed by atoms with E-state index in [1.54, 1.807) is 0 Å². The molecule has 6 rings (SSSR count). The molecule has 3 aromatic carbocycles. The molecule has 1 fully saturated rings. The normalized spacial score (nSPS) is 25.6. The van der Waals surface area contributed by atoms with E-state index in [1.165, 1.54) is 30.5 Å².